The minimum absolute atomic E-state index is 0.346. The quantitative estimate of drug-likeness (QED) is 0.652. The summed E-state index contributed by atoms with van der Waals surface area (Å²) in [4.78, 5) is 16.0. The molecule has 2 aromatic rings. The predicted molar refractivity (Wildman–Crippen MR) is 83.1 cm³/mol. The van der Waals surface area contributed by atoms with Crippen LogP contribution in [0.4, 0.5) is 11.4 Å². The van der Waals surface area contributed by atoms with Gasteiger partial charge in [0.2, 0.25) is 0 Å². The maximum Gasteiger partial charge on any atom is 0.338 e. The van der Waals surface area contributed by atoms with E-state index in [-0.39, 0.29) is 5.97 Å². The van der Waals surface area contributed by atoms with Crippen LogP contribution >= 0.6 is 0 Å². The molecule has 0 bridgehead atoms. The van der Waals surface area contributed by atoms with Crippen LogP contribution in [-0.4, -0.2) is 17.6 Å². The number of nitrogen functional groups attached to an aromatic ring is 1. The Labute approximate surface area is 124 Å². The Morgan fingerprint density at radius 3 is 2.90 bits per heavy atom. The fourth-order valence-electron chi connectivity index (χ4n) is 1.93. The zero-order valence-corrected chi connectivity index (χ0v) is 12.2. The number of carbonyl (C=O) groups is 1. The molecule has 5 heteroatoms. The van der Waals surface area contributed by atoms with E-state index in [2.05, 4.69) is 10.3 Å². The number of aryl methyl sites for hydroxylation is 1. The molecule has 110 valence electrons. The lowest BCUT2D eigenvalue weighted by molar-refractivity contribution is 0.0526. The number of ether oxygens (including phenoxy) is 1. The highest BCUT2D eigenvalue weighted by atomic mass is 16.5. The average molecular weight is 285 g/mol. The third-order valence-electron chi connectivity index (χ3n) is 3.13. The Hall–Kier alpha value is -2.56. The van der Waals surface area contributed by atoms with Crippen LogP contribution in [0.2, 0.25) is 0 Å². The summed E-state index contributed by atoms with van der Waals surface area (Å²) >= 11 is 0. The number of rotatable bonds is 5. The van der Waals surface area contributed by atoms with Gasteiger partial charge in [-0.3, -0.25) is 4.98 Å². The van der Waals surface area contributed by atoms with Gasteiger partial charge in [0, 0.05) is 6.20 Å². The predicted octanol–water partition coefficient (Wildman–Crippen LogP) is 2.76. The lowest BCUT2D eigenvalue weighted by Crippen LogP contribution is -2.09. The number of nitrogens with zero attached hydrogens (tertiary/aromatic N) is 1. The molecular weight excluding hydrogens is 266 g/mol. The van der Waals surface area contributed by atoms with Gasteiger partial charge in [-0.05, 0) is 43.7 Å². The van der Waals surface area contributed by atoms with E-state index >= 15 is 0 Å². The molecular formula is C16H19N3O2. The van der Waals surface area contributed by atoms with Crippen molar-refractivity contribution in [2.45, 2.75) is 20.4 Å². The fourth-order valence-corrected chi connectivity index (χ4v) is 1.93. The number of aromatic nitrogens is 1. The minimum Gasteiger partial charge on any atom is -0.462 e. The third kappa shape index (κ3) is 3.72. The molecule has 0 amide bonds. The summed E-state index contributed by atoms with van der Waals surface area (Å²) in [5.41, 5.74) is 9.73. The van der Waals surface area contributed by atoms with Gasteiger partial charge in [0.25, 0.3) is 0 Å². The topological polar surface area (TPSA) is 77.2 Å². The largest absolute Gasteiger partial charge is 0.462 e. The molecule has 0 atom stereocenters. The number of benzene rings is 1. The van der Waals surface area contributed by atoms with Crippen molar-refractivity contribution < 1.29 is 9.53 Å². The lowest BCUT2D eigenvalue weighted by atomic mass is 10.1. The van der Waals surface area contributed by atoms with E-state index in [9.17, 15) is 4.79 Å². The Morgan fingerprint density at radius 2 is 2.19 bits per heavy atom. The van der Waals surface area contributed by atoms with Crippen molar-refractivity contribution in [2.75, 3.05) is 17.7 Å². The van der Waals surface area contributed by atoms with Gasteiger partial charge in [0.1, 0.15) is 0 Å². The molecule has 0 unspecified atom stereocenters. The molecule has 0 saturated carbocycles. The van der Waals surface area contributed by atoms with Crippen LogP contribution in [0.1, 0.15) is 28.5 Å². The number of anilines is 2. The Bertz CT molecular complexity index is 641. The van der Waals surface area contributed by atoms with Gasteiger partial charge >= 0.3 is 5.97 Å². The van der Waals surface area contributed by atoms with Gasteiger partial charge in [0.15, 0.2) is 0 Å². The number of pyridine rings is 1. The van der Waals surface area contributed by atoms with Crippen LogP contribution in [0.5, 0.6) is 0 Å². The van der Waals surface area contributed by atoms with Gasteiger partial charge in [-0.15, -0.1) is 0 Å². The fraction of sp³-hybridized carbons (Fsp3) is 0.250. The zero-order chi connectivity index (χ0) is 15.2. The molecule has 3 N–H and O–H groups in total. The van der Waals surface area contributed by atoms with E-state index in [1.54, 1.807) is 31.3 Å². The lowest BCUT2D eigenvalue weighted by Gasteiger charge is -2.12. The van der Waals surface area contributed by atoms with Gasteiger partial charge in [-0.2, -0.15) is 0 Å². The molecule has 1 aromatic carbocycles. The maximum absolute atomic E-state index is 11.7. The molecule has 1 heterocycles. The van der Waals surface area contributed by atoms with Crippen LogP contribution in [-0.2, 0) is 11.3 Å². The standard InChI is InChI=1S/C16H19N3O2/c1-3-21-16(20)12-6-7-13(17)14(9-12)19-10-15-11(2)5-4-8-18-15/h4-9,19H,3,10,17H2,1-2H3. The van der Waals surface area contributed by atoms with Crippen LogP contribution in [0.15, 0.2) is 36.5 Å². The maximum atomic E-state index is 11.7. The van der Waals surface area contributed by atoms with E-state index in [0.29, 0.717) is 30.1 Å². The number of nitrogens with two attached hydrogens (primary N) is 1. The Morgan fingerprint density at radius 1 is 1.38 bits per heavy atom. The summed E-state index contributed by atoms with van der Waals surface area (Å²) in [6.45, 7) is 4.67. The van der Waals surface area contributed by atoms with E-state index in [1.165, 1.54) is 0 Å². The number of nitrogens with one attached hydrogen (secondary N) is 1. The molecule has 0 saturated heterocycles. The molecule has 0 aliphatic heterocycles. The Balaban J connectivity index is 2.14. The summed E-state index contributed by atoms with van der Waals surface area (Å²) in [5, 5.41) is 3.21. The van der Waals surface area contributed by atoms with Crippen molar-refractivity contribution in [3.8, 4) is 0 Å². The summed E-state index contributed by atoms with van der Waals surface area (Å²) in [7, 11) is 0. The van der Waals surface area contributed by atoms with E-state index < -0.39 is 0 Å². The van der Waals surface area contributed by atoms with Gasteiger partial charge < -0.3 is 15.8 Å². The van der Waals surface area contributed by atoms with Gasteiger partial charge in [-0.25, -0.2) is 4.79 Å². The van der Waals surface area contributed by atoms with Crippen molar-refractivity contribution >= 4 is 17.3 Å². The van der Waals surface area contributed by atoms with E-state index in [1.807, 2.05) is 19.1 Å². The number of hydrogen-bond acceptors (Lipinski definition) is 5. The molecule has 2 rings (SSSR count). The highest BCUT2D eigenvalue weighted by Crippen LogP contribution is 2.21. The second kappa shape index (κ2) is 6.74. The molecule has 5 nitrogen and oxygen atoms in total. The first kappa shape index (κ1) is 14.8. The van der Waals surface area contributed by atoms with E-state index in [4.69, 9.17) is 10.5 Å². The first-order chi connectivity index (χ1) is 10.1. The SMILES string of the molecule is CCOC(=O)c1ccc(N)c(NCc2ncccc2C)c1. The highest BCUT2D eigenvalue weighted by Gasteiger charge is 2.09. The second-order valence-corrected chi connectivity index (χ2v) is 4.64. The summed E-state index contributed by atoms with van der Waals surface area (Å²) in [6.07, 6.45) is 1.75. The summed E-state index contributed by atoms with van der Waals surface area (Å²) in [5.74, 6) is -0.352. The van der Waals surface area contributed by atoms with Crippen LogP contribution in [0.3, 0.4) is 0 Å². The monoisotopic (exact) mass is 285 g/mol. The molecule has 0 radical (unpaired) electrons. The average Bonchev–Trinajstić information content (AvgIpc) is 2.48. The summed E-state index contributed by atoms with van der Waals surface area (Å²) in [6, 6.07) is 8.95. The molecule has 0 aliphatic rings. The van der Waals surface area contributed by atoms with E-state index in [0.717, 1.165) is 11.3 Å². The molecule has 0 aliphatic carbocycles. The third-order valence-corrected chi connectivity index (χ3v) is 3.13. The minimum atomic E-state index is -0.352. The number of hydrogen-bond donors (Lipinski definition) is 2. The second-order valence-electron chi connectivity index (χ2n) is 4.64. The first-order valence-corrected chi connectivity index (χ1v) is 6.82. The molecule has 0 spiro atoms. The highest BCUT2D eigenvalue weighted by molar-refractivity contribution is 5.92. The van der Waals surface area contributed by atoms with Gasteiger partial charge in [0.05, 0.1) is 35.8 Å². The van der Waals surface area contributed by atoms with Crippen molar-refractivity contribution in [3.63, 3.8) is 0 Å². The van der Waals surface area contributed by atoms with Crippen LogP contribution in [0, 0.1) is 6.92 Å². The molecule has 1 aromatic heterocycles. The first-order valence-electron chi connectivity index (χ1n) is 6.82. The van der Waals surface area contributed by atoms with Crippen LogP contribution in [0.25, 0.3) is 0 Å². The van der Waals surface area contributed by atoms with Crippen molar-refractivity contribution in [3.05, 3.63) is 53.3 Å². The molecule has 0 fully saturated rings. The van der Waals surface area contributed by atoms with Crippen LogP contribution < -0.4 is 11.1 Å². The van der Waals surface area contributed by atoms with Crippen molar-refractivity contribution in [1.29, 1.82) is 0 Å². The number of esters is 1. The van der Waals surface area contributed by atoms with Crippen molar-refractivity contribution in [1.82, 2.24) is 4.98 Å². The smallest absolute Gasteiger partial charge is 0.338 e. The van der Waals surface area contributed by atoms with Crippen molar-refractivity contribution in [2.24, 2.45) is 0 Å². The summed E-state index contributed by atoms with van der Waals surface area (Å²) < 4.78 is 4.98. The molecule has 21 heavy (non-hydrogen) atoms. The zero-order valence-electron chi connectivity index (χ0n) is 12.2. The van der Waals surface area contributed by atoms with Gasteiger partial charge in [-0.1, -0.05) is 6.07 Å². The normalized spacial score (nSPS) is 10.2. The number of carbonyl (C=O) groups excluding carboxylic acids is 1. The Kier molecular flexibility index (Phi) is 4.77.